The second-order valence-electron chi connectivity index (χ2n) is 5.61. The van der Waals surface area contributed by atoms with Crippen LogP contribution in [0.2, 0.25) is 0 Å². The van der Waals surface area contributed by atoms with Gasteiger partial charge in [-0.05, 0) is 37.0 Å². The van der Waals surface area contributed by atoms with Crippen molar-refractivity contribution in [2.45, 2.75) is 44.7 Å². The molecule has 0 aliphatic heterocycles. The Morgan fingerprint density at radius 2 is 2.05 bits per heavy atom. The van der Waals surface area contributed by atoms with E-state index in [1.54, 1.807) is 0 Å². The Morgan fingerprint density at radius 3 is 2.71 bits per heavy atom. The minimum Gasteiger partial charge on any atom is -0.396 e. The molecule has 21 heavy (non-hydrogen) atoms. The van der Waals surface area contributed by atoms with Crippen molar-refractivity contribution in [3.63, 3.8) is 0 Å². The molecule has 0 saturated heterocycles. The maximum absolute atomic E-state index is 9.05. The van der Waals surface area contributed by atoms with Gasteiger partial charge in [0.25, 0.3) is 0 Å². The van der Waals surface area contributed by atoms with Gasteiger partial charge in [-0.1, -0.05) is 30.4 Å². The summed E-state index contributed by atoms with van der Waals surface area (Å²) in [7, 11) is 0. The highest BCUT2D eigenvalue weighted by molar-refractivity contribution is 5.37. The summed E-state index contributed by atoms with van der Waals surface area (Å²) in [5, 5.41) is 17.8. The van der Waals surface area contributed by atoms with E-state index in [1.807, 2.05) is 12.1 Å². The van der Waals surface area contributed by atoms with Crippen LogP contribution in [0.5, 0.6) is 0 Å². The van der Waals surface area contributed by atoms with E-state index in [9.17, 15) is 0 Å². The predicted molar refractivity (Wildman–Crippen MR) is 84.8 cm³/mol. The van der Waals surface area contributed by atoms with Crippen molar-refractivity contribution in [3.8, 4) is 11.8 Å². The fourth-order valence-corrected chi connectivity index (χ4v) is 2.62. The molecular formula is C18H25NO2. The highest BCUT2D eigenvalue weighted by Gasteiger charge is 2.24. The molecule has 0 spiro atoms. The Bertz CT molecular complexity index is 485. The Hall–Kier alpha value is -1.34. The van der Waals surface area contributed by atoms with Crippen molar-refractivity contribution >= 4 is 0 Å². The largest absolute Gasteiger partial charge is 0.396 e. The first-order valence-corrected chi connectivity index (χ1v) is 7.87. The number of rotatable bonds is 7. The first kappa shape index (κ1) is 16.0. The maximum atomic E-state index is 9.05. The van der Waals surface area contributed by atoms with E-state index in [1.165, 1.54) is 24.8 Å². The van der Waals surface area contributed by atoms with Gasteiger partial charge in [0.15, 0.2) is 0 Å². The normalized spacial score (nSPS) is 14.6. The number of nitrogens with zero attached hydrogens (tertiary/aromatic N) is 1. The third kappa shape index (κ3) is 5.17. The zero-order valence-electron chi connectivity index (χ0n) is 12.6. The Kier molecular flexibility index (Phi) is 6.75. The molecule has 0 heterocycles. The van der Waals surface area contributed by atoms with Gasteiger partial charge in [0.1, 0.15) is 0 Å². The van der Waals surface area contributed by atoms with Crippen molar-refractivity contribution < 1.29 is 10.2 Å². The van der Waals surface area contributed by atoms with Crippen molar-refractivity contribution in [2.24, 2.45) is 0 Å². The van der Waals surface area contributed by atoms with E-state index < -0.39 is 0 Å². The van der Waals surface area contributed by atoms with Crippen LogP contribution < -0.4 is 0 Å². The molecule has 3 heteroatoms. The lowest BCUT2D eigenvalue weighted by atomic mass is 9.91. The predicted octanol–water partition coefficient (Wildman–Crippen LogP) is 2.16. The van der Waals surface area contributed by atoms with E-state index in [0.29, 0.717) is 12.5 Å². The molecule has 1 aromatic carbocycles. The third-order valence-corrected chi connectivity index (χ3v) is 3.98. The van der Waals surface area contributed by atoms with Crippen molar-refractivity contribution in [1.29, 1.82) is 0 Å². The number of hydrogen-bond donors (Lipinski definition) is 2. The van der Waals surface area contributed by atoms with E-state index in [-0.39, 0.29) is 13.2 Å². The lowest BCUT2D eigenvalue weighted by molar-refractivity contribution is 0.109. The van der Waals surface area contributed by atoms with Crippen LogP contribution in [0.1, 0.15) is 43.2 Å². The fourth-order valence-electron chi connectivity index (χ4n) is 2.62. The van der Waals surface area contributed by atoms with Gasteiger partial charge in [-0.3, -0.25) is 4.90 Å². The zero-order valence-corrected chi connectivity index (χ0v) is 12.6. The average molecular weight is 287 g/mol. The van der Waals surface area contributed by atoms with E-state index in [0.717, 1.165) is 25.1 Å². The van der Waals surface area contributed by atoms with Crippen LogP contribution in [-0.4, -0.2) is 40.9 Å². The molecule has 1 aliphatic rings. The van der Waals surface area contributed by atoms with Gasteiger partial charge >= 0.3 is 0 Å². The summed E-state index contributed by atoms with van der Waals surface area (Å²) < 4.78 is 0. The standard InChI is InChI=1S/C18H25NO2/c20-12-2-1-6-16-7-3-8-17(14-16)15-19(11-5-13-21)18-9-4-10-18/h3,7-8,14,18,20-21H,2,4-5,9-13,15H2. The van der Waals surface area contributed by atoms with Gasteiger partial charge in [0, 0.05) is 37.7 Å². The minimum absolute atomic E-state index is 0.114. The van der Waals surface area contributed by atoms with Gasteiger partial charge in [-0.2, -0.15) is 0 Å². The molecule has 3 nitrogen and oxygen atoms in total. The summed E-state index contributed by atoms with van der Waals surface area (Å²) in [6.07, 6.45) is 5.25. The van der Waals surface area contributed by atoms with Gasteiger partial charge < -0.3 is 10.2 Å². The van der Waals surface area contributed by atoms with E-state index >= 15 is 0 Å². The molecule has 0 atom stereocenters. The van der Waals surface area contributed by atoms with E-state index in [2.05, 4.69) is 28.9 Å². The van der Waals surface area contributed by atoms with Crippen LogP contribution in [0.15, 0.2) is 24.3 Å². The number of aliphatic hydroxyl groups excluding tert-OH is 2. The Labute approximate surface area is 127 Å². The molecule has 1 fully saturated rings. The quantitative estimate of drug-likeness (QED) is 0.755. The summed E-state index contributed by atoms with van der Waals surface area (Å²) in [5.74, 6) is 6.06. The molecule has 1 saturated carbocycles. The van der Waals surface area contributed by atoms with Crippen molar-refractivity contribution in [1.82, 2.24) is 4.90 Å². The summed E-state index contributed by atoms with van der Waals surface area (Å²) in [6, 6.07) is 9.01. The lowest BCUT2D eigenvalue weighted by Crippen LogP contribution is -2.40. The highest BCUT2D eigenvalue weighted by Crippen LogP contribution is 2.26. The monoisotopic (exact) mass is 287 g/mol. The maximum Gasteiger partial charge on any atom is 0.0540 e. The Balaban J connectivity index is 1.99. The van der Waals surface area contributed by atoms with Crippen LogP contribution in [0.25, 0.3) is 0 Å². The summed E-state index contributed by atoms with van der Waals surface area (Å²) in [5.41, 5.74) is 2.28. The van der Waals surface area contributed by atoms with Gasteiger partial charge in [0.05, 0.1) is 6.61 Å². The molecular weight excluding hydrogens is 262 g/mol. The lowest BCUT2D eigenvalue weighted by Gasteiger charge is -2.37. The fraction of sp³-hybridized carbons (Fsp3) is 0.556. The third-order valence-electron chi connectivity index (χ3n) is 3.98. The first-order chi connectivity index (χ1) is 10.3. The number of aliphatic hydroxyl groups is 2. The summed E-state index contributed by atoms with van der Waals surface area (Å²) >= 11 is 0. The smallest absolute Gasteiger partial charge is 0.0540 e. The van der Waals surface area contributed by atoms with Crippen LogP contribution in [-0.2, 0) is 6.54 Å². The molecule has 1 aromatic rings. The van der Waals surface area contributed by atoms with Crippen LogP contribution in [0, 0.1) is 11.8 Å². The van der Waals surface area contributed by atoms with Gasteiger partial charge in [-0.15, -0.1) is 0 Å². The molecule has 0 unspecified atom stereocenters. The van der Waals surface area contributed by atoms with Gasteiger partial charge in [0.2, 0.25) is 0 Å². The van der Waals surface area contributed by atoms with Crippen LogP contribution in [0.4, 0.5) is 0 Å². The molecule has 2 N–H and O–H groups in total. The Morgan fingerprint density at radius 1 is 1.19 bits per heavy atom. The van der Waals surface area contributed by atoms with Gasteiger partial charge in [-0.25, -0.2) is 0 Å². The molecule has 114 valence electrons. The van der Waals surface area contributed by atoms with E-state index in [4.69, 9.17) is 10.2 Å². The second-order valence-corrected chi connectivity index (χ2v) is 5.61. The van der Waals surface area contributed by atoms with Crippen LogP contribution >= 0.6 is 0 Å². The molecule has 0 aromatic heterocycles. The molecule has 2 rings (SSSR count). The number of hydrogen-bond acceptors (Lipinski definition) is 3. The van der Waals surface area contributed by atoms with Crippen molar-refractivity contribution in [2.75, 3.05) is 19.8 Å². The first-order valence-electron chi connectivity index (χ1n) is 7.87. The topological polar surface area (TPSA) is 43.7 Å². The van der Waals surface area contributed by atoms with Crippen molar-refractivity contribution in [3.05, 3.63) is 35.4 Å². The highest BCUT2D eigenvalue weighted by atomic mass is 16.3. The molecule has 0 bridgehead atoms. The molecule has 0 amide bonds. The SMILES string of the molecule is OCCC#Cc1cccc(CN(CCCO)C2CCC2)c1. The minimum atomic E-state index is 0.114. The molecule has 0 radical (unpaired) electrons. The zero-order chi connectivity index (χ0) is 14.9. The second kappa shape index (κ2) is 8.84. The van der Waals surface area contributed by atoms with Crippen LogP contribution in [0.3, 0.4) is 0 Å². The average Bonchev–Trinajstić information content (AvgIpc) is 2.44. The molecule has 1 aliphatic carbocycles. The summed E-state index contributed by atoms with van der Waals surface area (Å²) in [6.45, 7) is 2.26. The number of benzene rings is 1. The summed E-state index contributed by atoms with van der Waals surface area (Å²) in [4.78, 5) is 2.49.